The summed E-state index contributed by atoms with van der Waals surface area (Å²) in [6.45, 7) is 5.59. The lowest BCUT2D eigenvalue weighted by Crippen LogP contribution is -2.31. The van der Waals surface area contributed by atoms with Crippen molar-refractivity contribution in [2.24, 2.45) is 0 Å². The van der Waals surface area contributed by atoms with Crippen molar-refractivity contribution in [1.29, 1.82) is 0 Å². The summed E-state index contributed by atoms with van der Waals surface area (Å²) in [5, 5.41) is 9.45. The fourth-order valence-corrected chi connectivity index (χ4v) is 3.17. The van der Waals surface area contributed by atoms with Crippen LogP contribution in [-0.4, -0.2) is 30.9 Å². The van der Waals surface area contributed by atoms with E-state index in [0.717, 1.165) is 0 Å². The summed E-state index contributed by atoms with van der Waals surface area (Å²) >= 11 is 5.84. The molecule has 0 spiro atoms. The molecule has 0 fully saturated rings. The molecule has 0 aliphatic heterocycles. The van der Waals surface area contributed by atoms with E-state index in [1.165, 1.54) is 28.6 Å². The second-order valence-electron chi connectivity index (χ2n) is 3.66. The molecule has 1 N–H and O–H groups in total. The van der Waals surface area contributed by atoms with Gasteiger partial charge >= 0.3 is 0 Å². The normalized spacial score (nSPS) is 11.8. The lowest BCUT2D eigenvalue weighted by Gasteiger charge is -2.19. The van der Waals surface area contributed by atoms with Crippen LogP contribution in [0.3, 0.4) is 0 Å². The molecule has 0 bridgehead atoms. The third kappa shape index (κ3) is 3.11. The van der Waals surface area contributed by atoms with Crippen LogP contribution in [0, 0.1) is 0 Å². The molecule has 0 amide bonds. The van der Waals surface area contributed by atoms with Gasteiger partial charge in [-0.15, -0.1) is 6.58 Å². The van der Waals surface area contributed by atoms with Gasteiger partial charge in [0.05, 0.1) is 11.5 Å². The van der Waals surface area contributed by atoms with Crippen molar-refractivity contribution in [3.05, 3.63) is 41.4 Å². The number of halogens is 1. The maximum Gasteiger partial charge on any atom is 0.243 e. The van der Waals surface area contributed by atoms with E-state index in [4.69, 9.17) is 16.7 Å². The summed E-state index contributed by atoms with van der Waals surface area (Å²) < 4.78 is 25.9. The lowest BCUT2D eigenvalue weighted by atomic mass is 10.2. The molecule has 0 aromatic heterocycles. The molecular weight excluding hydrogens is 274 g/mol. The van der Waals surface area contributed by atoms with Crippen LogP contribution >= 0.6 is 11.6 Å². The van der Waals surface area contributed by atoms with Gasteiger partial charge in [0, 0.05) is 18.1 Å². The zero-order chi connectivity index (χ0) is 13.8. The Balaban J connectivity index is 3.23. The standard InChI is InChI=1S/C12H16ClNO3S/c1-3-7-14(4-2)18(16,17)11-5-6-12(13)10(8-11)9-15/h3,5-6,8,15H,1,4,7,9H2,2H3. The topological polar surface area (TPSA) is 57.6 Å². The first-order chi connectivity index (χ1) is 8.47. The number of sulfonamides is 1. The van der Waals surface area contributed by atoms with E-state index in [0.29, 0.717) is 17.1 Å². The first-order valence-corrected chi connectivity index (χ1v) is 7.29. The molecule has 4 nitrogen and oxygen atoms in total. The summed E-state index contributed by atoms with van der Waals surface area (Å²) in [7, 11) is -3.57. The molecule has 0 saturated heterocycles. The number of likely N-dealkylation sites (N-methyl/N-ethyl adjacent to an activating group) is 1. The monoisotopic (exact) mass is 289 g/mol. The molecule has 0 aliphatic rings. The highest BCUT2D eigenvalue weighted by Gasteiger charge is 2.22. The second-order valence-corrected chi connectivity index (χ2v) is 6.00. The maximum atomic E-state index is 12.3. The number of aliphatic hydroxyl groups excluding tert-OH is 1. The number of hydrogen-bond acceptors (Lipinski definition) is 3. The second kappa shape index (κ2) is 6.33. The Morgan fingerprint density at radius 2 is 2.17 bits per heavy atom. The molecular formula is C12H16ClNO3S. The minimum absolute atomic E-state index is 0.125. The molecule has 0 atom stereocenters. The van der Waals surface area contributed by atoms with Gasteiger partial charge in [-0.25, -0.2) is 8.42 Å². The van der Waals surface area contributed by atoms with Crippen molar-refractivity contribution < 1.29 is 13.5 Å². The van der Waals surface area contributed by atoms with Gasteiger partial charge in [-0.05, 0) is 23.8 Å². The van der Waals surface area contributed by atoms with E-state index >= 15 is 0 Å². The molecule has 0 unspecified atom stereocenters. The molecule has 18 heavy (non-hydrogen) atoms. The Morgan fingerprint density at radius 1 is 1.50 bits per heavy atom. The largest absolute Gasteiger partial charge is 0.392 e. The first-order valence-electron chi connectivity index (χ1n) is 5.47. The molecule has 0 saturated carbocycles. The summed E-state index contributed by atoms with van der Waals surface area (Å²) in [6.07, 6.45) is 1.53. The van der Waals surface area contributed by atoms with Gasteiger partial charge in [0.25, 0.3) is 0 Å². The first kappa shape index (κ1) is 15.2. The number of nitrogens with zero attached hydrogens (tertiary/aromatic N) is 1. The molecule has 1 rings (SSSR count). The molecule has 1 aromatic carbocycles. The Hall–Kier alpha value is -0.880. The van der Waals surface area contributed by atoms with E-state index in [1.807, 2.05) is 0 Å². The Labute approximate surface area is 113 Å². The molecule has 0 radical (unpaired) electrons. The van der Waals surface area contributed by atoms with Crippen LogP contribution < -0.4 is 0 Å². The predicted molar refractivity (Wildman–Crippen MR) is 72.0 cm³/mol. The maximum absolute atomic E-state index is 12.3. The van der Waals surface area contributed by atoms with Gasteiger partial charge in [-0.3, -0.25) is 0 Å². The molecule has 6 heteroatoms. The molecule has 0 heterocycles. The van der Waals surface area contributed by atoms with E-state index in [2.05, 4.69) is 6.58 Å². The lowest BCUT2D eigenvalue weighted by molar-refractivity contribution is 0.281. The highest BCUT2D eigenvalue weighted by Crippen LogP contribution is 2.22. The fraction of sp³-hybridized carbons (Fsp3) is 0.333. The van der Waals surface area contributed by atoms with Crippen LogP contribution in [0.4, 0.5) is 0 Å². The van der Waals surface area contributed by atoms with Crippen LogP contribution in [0.5, 0.6) is 0 Å². The van der Waals surface area contributed by atoms with Crippen LogP contribution in [0.15, 0.2) is 35.7 Å². The number of hydrogen-bond donors (Lipinski definition) is 1. The molecule has 0 aliphatic carbocycles. The van der Waals surface area contributed by atoms with Gasteiger partial charge in [0.15, 0.2) is 0 Å². The van der Waals surface area contributed by atoms with Crippen molar-refractivity contribution in [2.75, 3.05) is 13.1 Å². The van der Waals surface area contributed by atoms with Crippen LogP contribution in [0.2, 0.25) is 5.02 Å². The predicted octanol–water partition coefficient (Wildman–Crippen LogP) is 2.03. The van der Waals surface area contributed by atoms with E-state index in [9.17, 15) is 8.42 Å². The molecule has 100 valence electrons. The number of aliphatic hydroxyl groups is 1. The number of rotatable bonds is 6. The number of benzene rings is 1. The third-order valence-electron chi connectivity index (χ3n) is 2.51. The smallest absolute Gasteiger partial charge is 0.243 e. The fourth-order valence-electron chi connectivity index (χ4n) is 1.52. The SMILES string of the molecule is C=CCN(CC)S(=O)(=O)c1ccc(Cl)c(CO)c1. The molecule has 1 aromatic rings. The van der Waals surface area contributed by atoms with Crippen molar-refractivity contribution in [3.8, 4) is 0 Å². The van der Waals surface area contributed by atoms with Gasteiger partial charge in [0.1, 0.15) is 0 Å². The average molecular weight is 290 g/mol. The van der Waals surface area contributed by atoms with E-state index < -0.39 is 10.0 Å². The summed E-state index contributed by atoms with van der Waals surface area (Å²) in [4.78, 5) is 0.125. The summed E-state index contributed by atoms with van der Waals surface area (Å²) in [6, 6.07) is 4.30. The van der Waals surface area contributed by atoms with Crippen molar-refractivity contribution in [2.45, 2.75) is 18.4 Å². The van der Waals surface area contributed by atoms with Crippen LogP contribution in [0.25, 0.3) is 0 Å². The van der Waals surface area contributed by atoms with Gasteiger partial charge in [-0.2, -0.15) is 4.31 Å². The minimum atomic E-state index is -3.57. The van der Waals surface area contributed by atoms with Crippen molar-refractivity contribution >= 4 is 21.6 Å². The summed E-state index contributed by atoms with van der Waals surface area (Å²) in [5.74, 6) is 0. The van der Waals surface area contributed by atoms with E-state index in [-0.39, 0.29) is 18.0 Å². The van der Waals surface area contributed by atoms with Gasteiger partial charge < -0.3 is 5.11 Å². The highest BCUT2D eigenvalue weighted by atomic mass is 35.5. The Bertz CT molecular complexity index is 528. The van der Waals surface area contributed by atoms with Crippen molar-refractivity contribution in [3.63, 3.8) is 0 Å². The van der Waals surface area contributed by atoms with Gasteiger partial charge in [0.2, 0.25) is 10.0 Å². The zero-order valence-electron chi connectivity index (χ0n) is 10.1. The van der Waals surface area contributed by atoms with Gasteiger partial charge in [-0.1, -0.05) is 24.6 Å². The highest BCUT2D eigenvalue weighted by molar-refractivity contribution is 7.89. The minimum Gasteiger partial charge on any atom is -0.392 e. The van der Waals surface area contributed by atoms with E-state index in [1.54, 1.807) is 6.92 Å². The Kier molecular flexibility index (Phi) is 5.34. The summed E-state index contributed by atoms with van der Waals surface area (Å²) in [5.41, 5.74) is 0.396. The van der Waals surface area contributed by atoms with Crippen LogP contribution in [-0.2, 0) is 16.6 Å². The van der Waals surface area contributed by atoms with Crippen LogP contribution in [0.1, 0.15) is 12.5 Å². The third-order valence-corrected chi connectivity index (χ3v) is 4.82. The average Bonchev–Trinajstić information content (AvgIpc) is 2.35. The van der Waals surface area contributed by atoms with Crippen molar-refractivity contribution in [1.82, 2.24) is 4.31 Å². The zero-order valence-corrected chi connectivity index (χ0v) is 11.7. The Morgan fingerprint density at radius 3 is 2.67 bits per heavy atom. The quantitative estimate of drug-likeness (QED) is 0.815.